The fourth-order valence-corrected chi connectivity index (χ4v) is 1.81. The number of hydrogen-bond acceptors (Lipinski definition) is 4. The predicted molar refractivity (Wildman–Crippen MR) is 76.7 cm³/mol. The Kier molecular flexibility index (Phi) is 4.87. The summed E-state index contributed by atoms with van der Waals surface area (Å²) in [6, 6.07) is 5.88. The molecule has 0 aliphatic heterocycles. The zero-order valence-corrected chi connectivity index (χ0v) is 11.7. The minimum atomic E-state index is -0.291. The van der Waals surface area contributed by atoms with E-state index in [9.17, 15) is 4.39 Å². The minimum Gasteiger partial charge on any atom is -0.439 e. The average Bonchev–Trinajstić information content (AvgIpc) is 2.47. The normalized spacial score (nSPS) is 10.3. The van der Waals surface area contributed by atoms with Crippen molar-refractivity contribution in [2.24, 2.45) is 0 Å². The van der Waals surface area contributed by atoms with Crippen molar-refractivity contribution < 1.29 is 9.13 Å². The van der Waals surface area contributed by atoms with Crippen LogP contribution >= 0.6 is 0 Å². The van der Waals surface area contributed by atoms with Crippen LogP contribution in [0.15, 0.2) is 30.6 Å². The summed E-state index contributed by atoms with van der Waals surface area (Å²) in [5, 5.41) is 3.26. The molecule has 0 aliphatic rings. The van der Waals surface area contributed by atoms with E-state index < -0.39 is 0 Å². The number of hydrogen-bond donors (Lipinski definition) is 1. The quantitative estimate of drug-likeness (QED) is 0.871. The van der Waals surface area contributed by atoms with Crippen LogP contribution in [0, 0.1) is 5.82 Å². The van der Waals surface area contributed by atoms with E-state index in [-0.39, 0.29) is 5.82 Å². The number of nitrogens with zero attached hydrogens (tertiary/aromatic N) is 2. The first-order chi connectivity index (χ1) is 9.74. The Balaban J connectivity index is 2.24. The fraction of sp³-hybridized carbons (Fsp3) is 0.333. The topological polar surface area (TPSA) is 47.0 Å². The number of rotatable bonds is 6. The fourth-order valence-electron chi connectivity index (χ4n) is 1.81. The summed E-state index contributed by atoms with van der Waals surface area (Å²) in [6.45, 7) is 4.96. The van der Waals surface area contributed by atoms with Crippen molar-refractivity contribution in [2.75, 3.05) is 11.9 Å². The SMILES string of the molecule is CCCNc1ncnc(Oc2ccc(F)cc2)c1CC. The maximum atomic E-state index is 12.9. The summed E-state index contributed by atoms with van der Waals surface area (Å²) in [5.74, 6) is 1.57. The molecule has 0 atom stereocenters. The van der Waals surface area contributed by atoms with Crippen molar-refractivity contribution >= 4 is 5.82 Å². The molecule has 0 aliphatic carbocycles. The van der Waals surface area contributed by atoms with E-state index in [4.69, 9.17) is 4.74 Å². The minimum absolute atomic E-state index is 0.291. The van der Waals surface area contributed by atoms with Crippen LogP contribution in [0.2, 0.25) is 0 Å². The van der Waals surface area contributed by atoms with E-state index in [1.165, 1.54) is 18.5 Å². The van der Waals surface area contributed by atoms with Gasteiger partial charge >= 0.3 is 0 Å². The molecule has 0 saturated heterocycles. The van der Waals surface area contributed by atoms with Gasteiger partial charge in [-0.3, -0.25) is 0 Å². The van der Waals surface area contributed by atoms with Gasteiger partial charge in [0.25, 0.3) is 0 Å². The third-order valence-corrected chi connectivity index (χ3v) is 2.83. The molecular weight excluding hydrogens is 257 g/mol. The smallest absolute Gasteiger partial charge is 0.227 e. The van der Waals surface area contributed by atoms with Crippen molar-refractivity contribution in [1.82, 2.24) is 9.97 Å². The van der Waals surface area contributed by atoms with Gasteiger partial charge in [0.1, 0.15) is 23.7 Å². The Hall–Kier alpha value is -2.17. The highest BCUT2D eigenvalue weighted by atomic mass is 19.1. The Bertz CT molecular complexity index is 558. The molecule has 2 rings (SSSR count). The van der Waals surface area contributed by atoms with Crippen molar-refractivity contribution in [2.45, 2.75) is 26.7 Å². The summed E-state index contributed by atoms with van der Waals surface area (Å²) >= 11 is 0. The predicted octanol–water partition coefficient (Wildman–Crippen LogP) is 3.79. The molecule has 0 radical (unpaired) electrons. The molecule has 4 nitrogen and oxygen atoms in total. The molecule has 0 bridgehead atoms. The number of anilines is 1. The lowest BCUT2D eigenvalue weighted by Crippen LogP contribution is -2.07. The zero-order chi connectivity index (χ0) is 14.4. The van der Waals surface area contributed by atoms with Gasteiger partial charge < -0.3 is 10.1 Å². The highest BCUT2D eigenvalue weighted by Crippen LogP contribution is 2.27. The van der Waals surface area contributed by atoms with Gasteiger partial charge in [-0.2, -0.15) is 0 Å². The second-order valence-electron chi connectivity index (χ2n) is 4.34. The van der Waals surface area contributed by atoms with Crippen LogP contribution in [-0.4, -0.2) is 16.5 Å². The highest BCUT2D eigenvalue weighted by molar-refractivity contribution is 5.49. The molecular formula is C15H18FN3O. The van der Waals surface area contributed by atoms with Crippen LogP contribution in [-0.2, 0) is 6.42 Å². The molecule has 2 aromatic rings. The standard InChI is InChI=1S/C15H18FN3O/c1-3-9-17-14-13(4-2)15(19-10-18-14)20-12-7-5-11(16)6-8-12/h5-8,10H,3-4,9H2,1-2H3,(H,17,18,19). The lowest BCUT2D eigenvalue weighted by atomic mass is 10.2. The third-order valence-electron chi connectivity index (χ3n) is 2.83. The number of ether oxygens (including phenoxy) is 1. The Labute approximate surface area is 118 Å². The molecule has 0 amide bonds. The summed E-state index contributed by atoms with van der Waals surface area (Å²) in [4.78, 5) is 8.41. The summed E-state index contributed by atoms with van der Waals surface area (Å²) in [6.07, 6.45) is 3.24. The monoisotopic (exact) mass is 275 g/mol. The molecule has 1 aromatic carbocycles. The van der Waals surface area contributed by atoms with Crippen molar-refractivity contribution in [1.29, 1.82) is 0 Å². The van der Waals surface area contributed by atoms with E-state index in [0.29, 0.717) is 11.6 Å². The number of benzene rings is 1. The Morgan fingerprint density at radius 2 is 1.90 bits per heavy atom. The molecule has 20 heavy (non-hydrogen) atoms. The van der Waals surface area contributed by atoms with Gasteiger partial charge in [-0.15, -0.1) is 0 Å². The van der Waals surface area contributed by atoms with Crippen LogP contribution in [0.4, 0.5) is 10.2 Å². The maximum Gasteiger partial charge on any atom is 0.227 e. The second kappa shape index (κ2) is 6.84. The molecule has 0 spiro atoms. The number of nitrogens with one attached hydrogen (secondary N) is 1. The average molecular weight is 275 g/mol. The molecule has 1 heterocycles. The van der Waals surface area contributed by atoms with E-state index in [1.54, 1.807) is 12.1 Å². The third kappa shape index (κ3) is 3.44. The lowest BCUT2D eigenvalue weighted by Gasteiger charge is -2.13. The van der Waals surface area contributed by atoms with Crippen LogP contribution in [0.1, 0.15) is 25.8 Å². The van der Waals surface area contributed by atoms with Gasteiger partial charge in [-0.25, -0.2) is 14.4 Å². The van der Waals surface area contributed by atoms with Crippen molar-refractivity contribution in [3.05, 3.63) is 42.0 Å². The number of aromatic nitrogens is 2. The molecule has 5 heteroatoms. The molecule has 0 fully saturated rings. The summed E-state index contributed by atoms with van der Waals surface area (Å²) in [5.41, 5.74) is 0.922. The Morgan fingerprint density at radius 1 is 1.15 bits per heavy atom. The van der Waals surface area contributed by atoms with Gasteiger partial charge in [-0.05, 0) is 37.1 Å². The molecule has 0 saturated carbocycles. The zero-order valence-electron chi connectivity index (χ0n) is 11.7. The van der Waals surface area contributed by atoms with Gasteiger partial charge in [-0.1, -0.05) is 13.8 Å². The van der Waals surface area contributed by atoms with Crippen LogP contribution in [0.5, 0.6) is 11.6 Å². The van der Waals surface area contributed by atoms with Gasteiger partial charge in [0, 0.05) is 6.54 Å². The number of halogens is 1. The Morgan fingerprint density at radius 3 is 2.55 bits per heavy atom. The molecule has 1 N–H and O–H groups in total. The van der Waals surface area contributed by atoms with Gasteiger partial charge in [0.15, 0.2) is 0 Å². The van der Waals surface area contributed by atoms with Crippen molar-refractivity contribution in [3.8, 4) is 11.6 Å². The van der Waals surface area contributed by atoms with Gasteiger partial charge in [0.2, 0.25) is 5.88 Å². The first-order valence-corrected chi connectivity index (χ1v) is 6.75. The lowest BCUT2D eigenvalue weighted by molar-refractivity contribution is 0.454. The van der Waals surface area contributed by atoms with Crippen molar-refractivity contribution in [3.63, 3.8) is 0 Å². The molecule has 106 valence electrons. The maximum absolute atomic E-state index is 12.9. The van der Waals surface area contributed by atoms with E-state index in [2.05, 4.69) is 22.2 Å². The summed E-state index contributed by atoms with van der Waals surface area (Å²) < 4.78 is 18.6. The first kappa shape index (κ1) is 14.2. The first-order valence-electron chi connectivity index (χ1n) is 6.75. The van der Waals surface area contributed by atoms with E-state index in [1.807, 2.05) is 6.92 Å². The second-order valence-corrected chi connectivity index (χ2v) is 4.34. The van der Waals surface area contributed by atoms with E-state index >= 15 is 0 Å². The van der Waals surface area contributed by atoms with Crippen LogP contribution in [0.3, 0.4) is 0 Å². The molecule has 1 aromatic heterocycles. The van der Waals surface area contributed by atoms with E-state index in [0.717, 1.165) is 30.8 Å². The molecule has 0 unspecified atom stereocenters. The van der Waals surface area contributed by atoms with Crippen LogP contribution in [0.25, 0.3) is 0 Å². The van der Waals surface area contributed by atoms with Gasteiger partial charge in [0.05, 0.1) is 5.56 Å². The largest absolute Gasteiger partial charge is 0.439 e. The van der Waals surface area contributed by atoms with Crippen LogP contribution < -0.4 is 10.1 Å². The highest BCUT2D eigenvalue weighted by Gasteiger charge is 2.11. The summed E-state index contributed by atoms with van der Waals surface area (Å²) in [7, 11) is 0.